The number of para-hydroxylation sites is 1. The Balaban J connectivity index is 2.11. The van der Waals surface area contributed by atoms with E-state index in [0.29, 0.717) is 17.2 Å². The van der Waals surface area contributed by atoms with Crippen LogP contribution in [0.3, 0.4) is 0 Å². The van der Waals surface area contributed by atoms with Gasteiger partial charge in [-0.1, -0.05) is 31.0 Å². The first-order chi connectivity index (χ1) is 14.1. The maximum Gasteiger partial charge on any atom is 0.358 e. The fourth-order valence-corrected chi connectivity index (χ4v) is 2.38. The first-order valence-corrected chi connectivity index (χ1v) is 8.84. The second kappa shape index (κ2) is 11.2. The molecule has 0 radical (unpaired) electrons. The summed E-state index contributed by atoms with van der Waals surface area (Å²) in [6.07, 6.45) is 3.71. The van der Waals surface area contributed by atoms with Crippen LogP contribution in [0.2, 0.25) is 0 Å². The monoisotopic (exact) mass is 394 g/mol. The van der Waals surface area contributed by atoms with Gasteiger partial charge in [-0.15, -0.1) is 5.92 Å². The van der Waals surface area contributed by atoms with E-state index in [1.807, 2.05) is 6.92 Å². The van der Waals surface area contributed by atoms with Crippen molar-refractivity contribution in [3.8, 4) is 23.3 Å². The molecule has 0 atom stereocenters. The van der Waals surface area contributed by atoms with E-state index in [4.69, 9.17) is 15.4 Å². The lowest BCUT2D eigenvalue weighted by Gasteiger charge is -2.09. The van der Waals surface area contributed by atoms with Crippen molar-refractivity contribution in [3.05, 3.63) is 59.7 Å². The first-order valence-electron chi connectivity index (χ1n) is 8.84. The molecule has 0 spiro atoms. The lowest BCUT2D eigenvalue weighted by molar-refractivity contribution is -0.111. The maximum atomic E-state index is 12.2. The van der Waals surface area contributed by atoms with Gasteiger partial charge in [0, 0.05) is 12.5 Å². The SMILES string of the molecule is CCC#CCOc1cc(/C=C/C(=O)Nc2ccccc2C(=O)ON)ccc1OC. The highest BCUT2D eigenvalue weighted by Gasteiger charge is 2.12. The van der Waals surface area contributed by atoms with Crippen molar-refractivity contribution >= 4 is 23.6 Å². The molecule has 0 aliphatic rings. The van der Waals surface area contributed by atoms with Crippen molar-refractivity contribution in [2.75, 3.05) is 19.0 Å². The molecule has 0 unspecified atom stereocenters. The predicted molar refractivity (Wildman–Crippen MR) is 110 cm³/mol. The first kappa shape index (κ1) is 21.5. The molecule has 0 aromatic heterocycles. The molecule has 1 amide bonds. The van der Waals surface area contributed by atoms with E-state index in [2.05, 4.69) is 22.0 Å². The number of anilines is 1. The summed E-state index contributed by atoms with van der Waals surface area (Å²) in [5, 5.41) is 2.63. The third-order valence-electron chi connectivity index (χ3n) is 3.73. The molecule has 0 aliphatic carbocycles. The van der Waals surface area contributed by atoms with Crippen molar-refractivity contribution in [1.82, 2.24) is 0 Å². The summed E-state index contributed by atoms with van der Waals surface area (Å²) in [4.78, 5) is 28.1. The zero-order valence-corrected chi connectivity index (χ0v) is 16.2. The number of amides is 1. The van der Waals surface area contributed by atoms with E-state index in [9.17, 15) is 9.59 Å². The average molecular weight is 394 g/mol. The van der Waals surface area contributed by atoms with E-state index >= 15 is 0 Å². The molecule has 0 aliphatic heterocycles. The summed E-state index contributed by atoms with van der Waals surface area (Å²) in [5.74, 6) is 10.7. The van der Waals surface area contributed by atoms with Crippen LogP contribution in [-0.4, -0.2) is 25.6 Å². The predicted octanol–water partition coefficient (Wildman–Crippen LogP) is 3.17. The molecule has 7 heteroatoms. The van der Waals surface area contributed by atoms with Gasteiger partial charge < -0.3 is 19.6 Å². The van der Waals surface area contributed by atoms with Gasteiger partial charge in [-0.3, -0.25) is 4.79 Å². The highest BCUT2D eigenvalue weighted by molar-refractivity contribution is 6.06. The molecule has 29 heavy (non-hydrogen) atoms. The lowest BCUT2D eigenvalue weighted by Crippen LogP contribution is -2.15. The topological polar surface area (TPSA) is 99.9 Å². The number of hydrogen-bond acceptors (Lipinski definition) is 6. The fourth-order valence-electron chi connectivity index (χ4n) is 2.38. The lowest BCUT2D eigenvalue weighted by atomic mass is 10.1. The number of benzene rings is 2. The molecule has 2 aromatic rings. The van der Waals surface area contributed by atoms with Crippen LogP contribution >= 0.6 is 0 Å². The van der Waals surface area contributed by atoms with Gasteiger partial charge in [-0.2, -0.15) is 5.90 Å². The van der Waals surface area contributed by atoms with Gasteiger partial charge >= 0.3 is 5.97 Å². The Morgan fingerprint density at radius 3 is 2.66 bits per heavy atom. The van der Waals surface area contributed by atoms with E-state index in [1.165, 1.54) is 12.1 Å². The summed E-state index contributed by atoms with van der Waals surface area (Å²) in [6, 6.07) is 11.7. The number of ether oxygens (including phenoxy) is 2. The van der Waals surface area contributed by atoms with Gasteiger partial charge in [0.25, 0.3) is 0 Å². The van der Waals surface area contributed by atoms with Crippen LogP contribution in [0.25, 0.3) is 6.08 Å². The molecule has 0 heterocycles. The van der Waals surface area contributed by atoms with Crippen LogP contribution in [0.15, 0.2) is 48.5 Å². The van der Waals surface area contributed by atoms with E-state index in [1.54, 1.807) is 49.6 Å². The summed E-state index contributed by atoms with van der Waals surface area (Å²) in [6.45, 7) is 2.20. The highest BCUT2D eigenvalue weighted by atomic mass is 16.7. The van der Waals surface area contributed by atoms with Crippen LogP contribution in [0.4, 0.5) is 5.69 Å². The van der Waals surface area contributed by atoms with Gasteiger partial charge in [0.15, 0.2) is 11.5 Å². The third kappa shape index (κ3) is 6.41. The molecule has 0 bridgehead atoms. The molecule has 3 N–H and O–H groups in total. The quantitative estimate of drug-likeness (QED) is 0.425. The number of rotatable bonds is 7. The smallest absolute Gasteiger partial charge is 0.358 e. The molecule has 2 aromatic carbocycles. The highest BCUT2D eigenvalue weighted by Crippen LogP contribution is 2.28. The van der Waals surface area contributed by atoms with Gasteiger partial charge in [0.1, 0.15) is 6.61 Å². The Labute approximate surface area is 169 Å². The van der Waals surface area contributed by atoms with Gasteiger partial charge in [0.05, 0.1) is 18.4 Å². The van der Waals surface area contributed by atoms with Crippen LogP contribution in [-0.2, 0) is 9.63 Å². The molecule has 2 rings (SSSR count). The second-order valence-corrected chi connectivity index (χ2v) is 5.68. The Morgan fingerprint density at radius 2 is 1.93 bits per heavy atom. The van der Waals surface area contributed by atoms with Crippen LogP contribution < -0.4 is 20.7 Å². The maximum absolute atomic E-state index is 12.2. The zero-order valence-electron chi connectivity index (χ0n) is 16.2. The van der Waals surface area contributed by atoms with E-state index in [0.717, 1.165) is 12.0 Å². The van der Waals surface area contributed by atoms with Crippen molar-refractivity contribution in [1.29, 1.82) is 0 Å². The van der Waals surface area contributed by atoms with Crippen molar-refractivity contribution < 1.29 is 23.9 Å². The normalized spacial score (nSPS) is 10.0. The minimum absolute atomic E-state index is 0.157. The average Bonchev–Trinajstić information content (AvgIpc) is 2.75. The van der Waals surface area contributed by atoms with E-state index < -0.39 is 11.9 Å². The number of carbonyl (C=O) groups is 2. The molecular weight excluding hydrogens is 372 g/mol. The largest absolute Gasteiger partial charge is 0.493 e. The Bertz CT molecular complexity index is 957. The number of hydrogen-bond donors (Lipinski definition) is 2. The molecule has 0 fully saturated rings. The fraction of sp³-hybridized carbons (Fsp3) is 0.182. The second-order valence-electron chi connectivity index (χ2n) is 5.68. The molecule has 7 nitrogen and oxygen atoms in total. The summed E-state index contributed by atoms with van der Waals surface area (Å²) in [7, 11) is 1.55. The number of carbonyl (C=O) groups excluding carboxylic acids is 2. The molecule has 0 saturated carbocycles. The molecule has 0 saturated heterocycles. The van der Waals surface area contributed by atoms with Crippen molar-refractivity contribution in [2.24, 2.45) is 5.90 Å². The van der Waals surface area contributed by atoms with E-state index in [-0.39, 0.29) is 12.2 Å². The van der Waals surface area contributed by atoms with Gasteiger partial charge in [-0.05, 0) is 35.9 Å². The number of methoxy groups -OCH3 is 1. The summed E-state index contributed by atoms with van der Waals surface area (Å²) in [5.41, 5.74) is 1.19. The van der Waals surface area contributed by atoms with Crippen LogP contribution in [0.5, 0.6) is 11.5 Å². The molecule has 150 valence electrons. The standard InChI is InChI=1S/C22H22N2O5/c1-3-4-7-14-28-20-15-16(10-12-19(20)27-2)11-13-21(25)24-18-9-6-5-8-17(18)22(26)29-23/h5-6,8-13,15H,3,14,23H2,1-2H3,(H,24,25)/b13-11+. The Morgan fingerprint density at radius 1 is 1.14 bits per heavy atom. The summed E-state index contributed by atoms with van der Waals surface area (Å²) < 4.78 is 10.9. The van der Waals surface area contributed by atoms with Crippen LogP contribution in [0, 0.1) is 11.8 Å². The molecular formula is C22H22N2O5. The minimum Gasteiger partial charge on any atom is -0.493 e. The van der Waals surface area contributed by atoms with Gasteiger partial charge in [-0.25, -0.2) is 4.79 Å². The third-order valence-corrected chi connectivity index (χ3v) is 3.73. The van der Waals surface area contributed by atoms with Gasteiger partial charge in [0.2, 0.25) is 5.91 Å². The zero-order chi connectivity index (χ0) is 21.1. The van der Waals surface area contributed by atoms with Crippen LogP contribution in [0.1, 0.15) is 29.3 Å². The minimum atomic E-state index is -0.743. The number of nitrogens with one attached hydrogen (secondary N) is 1. The van der Waals surface area contributed by atoms with Crippen molar-refractivity contribution in [3.63, 3.8) is 0 Å². The van der Waals surface area contributed by atoms with Crippen molar-refractivity contribution in [2.45, 2.75) is 13.3 Å². The Hall–Kier alpha value is -3.76. The number of nitrogens with two attached hydrogens (primary N) is 1. The Kier molecular flexibility index (Phi) is 8.29. The summed E-state index contributed by atoms with van der Waals surface area (Å²) >= 11 is 0.